The van der Waals surface area contributed by atoms with Gasteiger partial charge < -0.3 is 29.1 Å². The lowest BCUT2D eigenvalue weighted by molar-refractivity contribution is -0.131. The van der Waals surface area contributed by atoms with Crippen LogP contribution in [0, 0.1) is 0 Å². The van der Waals surface area contributed by atoms with Crippen LogP contribution < -0.4 is 19.5 Å². The highest BCUT2D eigenvalue weighted by molar-refractivity contribution is 6.04. The second kappa shape index (κ2) is 8.27. The van der Waals surface area contributed by atoms with Crippen LogP contribution in [0.25, 0.3) is 0 Å². The van der Waals surface area contributed by atoms with Gasteiger partial charge >= 0.3 is 0 Å². The minimum atomic E-state index is -0.648. The number of carbonyl (C=O) groups excluding carboxylic acids is 1. The third-order valence-corrected chi connectivity index (χ3v) is 4.49. The number of ether oxygens (including phenoxy) is 4. The van der Waals surface area contributed by atoms with E-state index in [4.69, 9.17) is 23.8 Å². The Kier molecular flexibility index (Phi) is 5.82. The number of benzene rings is 1. The van der Waals surface area contributed by atoms with Crippen LogP contribution in [0.3, 0.4) is 0 Å². The lowest BCUT2D eigenvalue weighted by Crippen LogP contribution is -2.39. The van der Waals surface area contributed by atoms with Crippen molar-refractivity contribution in [2.24, 2.45) is 5.16 Å². The van der Waals surface area contributed by atoms with Gasteiger partial charge in [0.05, 0.1) is 33.1 Å². The molecule has 2 aliphatic rings. The summed E-state index contributed by atoms with van der Waals surface area (Å²) < 4.78 is 21.5. The minimum absolute atomic E-state index is 0.0934. The largest absolute Gasteiger partial charge is 0.493 e. The molecule has 1 N–H and O–H groups in total. The second-order valence-corrected chi connectivity index (χ2v) is 6.13. The molecule has 0 saturated carbocycles. The molecule has 0 unspecified atom stereocenters. The van der Waals surface area contributed by atoms with Gasteiger partial charge in [0.15, 0.2) is 11.5 Å². The second-order valence-electron chi connectivity index (χ2n) is 6.13. The maximum atomic E-state index is 12.3. The zero-order valence-corrected chi connectivity index (χ0v) is 15.2. The first-order chi connectivity index (χ1) is 12.7. The van der Waals surface area contributed by atoms with E-state index in [9.17, 15) is 4.79 Å². The van der Waals surface area contributed by atoms with Crippen LogP contribution in [-0.2, 0) is 14.4 Å². The van der Waals surface area contributed by atoms with Gasteiger partial charge in [-0.25, -0.2) is 0 Å². The fourth-order valence-corrected chi connectivity index (χ4v) is 3.07. The van der Waals surface area contributed by atoms with Crippen molar-refractivity contribution in [2.75, 3.05) is 34.5 Å². The molecule has 8 heteroatoms. The molecule has 0 bridgehead atoms. The first-order valence-electron chi connectivity index (χ1n) is 8.58. The summed E-state index contributed by atoms with van der Waals surface area (Å²) in [5.41, 5.74) is 1.41. The Bertz CT molecular complexity index is 659. The van der Waals surface area contributed by atoms with Gasteiger partial charge in [-0.05, 0) is 25.0 Å². The van der Waals surface area contributed by atoms with Crippen LogP contribution in [0.15, 0.2) is 17.3 Å². The molecule has 2 aliphatic heterocycles. The Morgan fingerprint density at radius 1 is 1.23 bits per heavy atom. The van der Waals surface area contributed by atoms with Gasteiger partial charge in [-0.1, -0.05) is 5.16 Å². The maximum absolute atomic E-state index is 12.3. The maximum Gasteiger partial charge on any atom is 0.264 e. The fraction of sp³-hybridized carbons (Fsp3) is 0.556. The lowest BCUT2D eigenvalue weighted by Gasteiger charge is -2.14. The standard InChI is InChI=1S/C18H24N2O6/c1-22-14-7-11(8-15(23-2)17(14)24-3)13-9-16(26-20-13)18(21)19-10-12-5-4-6-25-12/h7-8,12,16H,4-6,9-10H2,1-3H3,(H,19,21)/t12-,16-/m1/s1. The van der Waals surface area contributed by atoms with Crippen molar-refractivity contribution in [3.05, 3.63) is 17.7 Å². The molecular weight excluding hydrogens is 340 g/mol. The molecule has 0 spiro atoms. The molecule has 1 amide bonds. The van der Waals surface area contributed by atoms with Crippen LogP contribution in [0.5, 0.6) is 17.2 Å². The summed E-state index contributed by atoms with van der Waals surface area (Å²) in [6, 6.07) is 3.58. The summed E-state index contributed by atoms with van der Waals surface area (Å²) in [5, 5.41) is 6.94. The average Bonchev–Trinajstić information content (AvgIpc) is 3.36. The summed E-state index contributed by atoms with van der Waals surface area (Å²) in [4.78, 5) is 17.6. The normalized spacial score (nSPS) is 21.7. The van der Waals surface area contributed by atoms with Crippen molar-refractivity contribution in [2.45, 2.75) is 31.5 Å². The Morgan fingerprint density at radius 3 is 2.54 bits per heavy atom. The van der Waals surface area contributed by atoms with Gasteiger partial charge in [0.25, 0.3) is 5.91 Å². The Morgan fingerprint density at radius 2 is 1.96 bits per heavy atom. The number of hydrogen-bond donors (Lipinski definition) is 1. The highest BCUT2D eigenvalue weighted by Gasteiger charge is 2.30. The van der Waals surface area contributed by atoms with E-state index in [0.29, 0.717) is 35.9 Å². The van der Waals surface area contributed by atoms with E-state index >= 15 is 0 Å². The van der Waals surface area contributed by atoms with Gasteiger partial charge in [0.2, 0.25) is 11.9 Å². The number of nitrogens with zero attached hydrogens (tertiary/aromatic N) is 1. The number of carbonyl (C=O) groups is 1. The van der Waals surface area contributed by atoms with Crippen molar-refractivity contribution < 1.29 is 28.6 Å². The quantitative estimate of drug-likeness (QED) is 0.789. The zero-order valence-electron chi connectivity index (χ0n) is 15.2. The number of oxime groups is 1. The molecule has 0 radical (unpaired) electrons. The molecule has 3 rings (SSSR count). The lowest BCUT2D eigenvalue weighted by atomic mass is 10.0. The number of amides is 1. The predicted octanol–water partition coefficient (Wildman–Crippen LogP) is 1.50. The molecule has 0 aliphatic carbocycles. The molecule has 26 heavy (non-hydrogen) atoms. The third-order valence-electron chi connectivity index (χ3n) is 4.49. The van der Waals surface area contributed by atoms with E-state index in [-0.39, 0.29) is 12.0 Å². The molecule has 8 nitrogen and oxygen atoms in total. The molecular formula is C18H24N2O6. The van der Waals surface area contributed by atoms with Crippen molar-refractivity contribution in [3.63, 3.8) is 0 Å². The SMILES string of the molecule is COc1cc(C2=NO[C@@H](C(=O)NC[C@H]3CCCO3)C2)cc(OC)c1OC. The topological polar surface area (TPSA) is 87.6 Å². The van der Waals surface area contributed by atoms with Crippen molar-refractivity contribution in [3.8, 4) is 17.2 Å². The summed E-state index contributed by atoms with van der Waals surface area (Å²) >= 11 is 0. The average molecular weight is 364 g/mol. The number of nitrogens with one attached hydrogen (secondary N) is 1. The van der Waals surface area contributed by atoms with Crippen molar-refractivity contribution in [1.29, 1.82) is 0 Å². The highest BCUT2D eigenvalue weighted by Crippen LogP contribution is 2.39. The fourth-order valence-electron chi connectivity index (χ4n) is 3.07. The smallest absolute Gasteiger partial charge is 0.264 e. The van der Waals surface area contributed by atoms with E-state index in [1.165, 1.54) is 0 Å². The summed E-state index contributed by atoms with van der Waals surface area (Å²) in [6.45, 7) is 1.26. The Labute approximate surface area is 152 Å². The van der Waals surface area contributed by atoms with Gasteiger partial charge in [-0.2, -0.15) is 0 Å². The van der Waals surface area contributed by atoms with Crippen LogP contribution in [0.2, 0.25) is 0 Å². The number of rotatable bonds is 7. The van der Waals surface area contributed by atoms with Crippen molar-refractivity contribution in [1.82, 2.24) is 5.32 Å². The van der Waals surface area contributed by atoms with Gasteiger partial charge in [0, 0.05) is 25.1 Å². The van der Waals surface area contributed by atoms with E-state index in [0.717, 1.165) is 25.0 Å². The van der Waals surface area contributed by atoms with E-state index in [1.54, 1.807) is 33.5 Å². The first kappa shape index (κ1) is 18.3. The molecule has 1 saturated heterocycles. The van der Waals surface area contributed by atoms with E-state index < -0.39 is 6.10 Å². The van der Waals surface area contributed by atoms with E-state index in [2.05, 4.69) is 10.5 Å². The summed E-state index contributed by atoms with van der Waals surface area (Å²) in [7, 11) is 4.65. The molecule has 1 fully saturated rings. The molecule has 2 heterocycles. The molecule has 1 aromatic rings. The summed E-state index contributed by atoms with van der Waals surface area (Å²) in [5.74, 6) is 1.36. The molecule has 2 atom stereocenters. The zero-order chi connectivity index (χ0) is 18.5. The number of methoxy groups -OCH3 is 3. The molecule has 142 valence electrons. The molecule has 1 aromatic carbocycles. The van der Waals surface area contributed by atoms with E-state index in [1.807, 2.05) is 0 Å². The monoisotopic (exact) mass is 364 g/mol. The summed E-state index contributed by atoms with van der Waals surface area (Å²) in [6.07, 6.45) is 1.82. The first-order valence-corrected chi connectivity index (χ1v) is 8.58. The van der Waals surface area contributed by atoms with Crippen LogP contribution in [0.1, 0.15) is 24.8 Å². The van der Waals surface area contributed by atoms with Crippen LogP contribution in [0.4, 0.5) is 0 Å². The molecule has 0 aromatic heterocycles. The number of hydrogen-bond acceptors (Lipinski definition) is 7. The van der Waals surface area contributed by atoms with Gasteiger partial charge in [-0.15, -0.1) is 0 Å². The van der Waals surface area contributed by atoms with Gasteiger partial charge in [0.1, 0.15) is 0 Å². The third kappa shape index (κ3) is 3.85. The van der Waals surface area contributed by atoms with Gasteiger partial charge in [-0.3, -0.25) is 4.79 Å². The predicted molar refractivity (Wildman–Crippen MR) is 94.1 cm³/mol. The Hall–Kier alpha value is -2.48. The Balaban J connectivity index is 1.65. The highest BCUT2D eigenvalue weighted by atomic mass is 16.6. The van der Waals surface area contributed by atoms with Crippen LogP contribution >= 0.6 is 0 Å². The van der Waals surface area contributed by atoms with Crippen LogP contribution in [-0.4, -0.2) is 58.3 Å². The minimum Gasteiger partial charge on any atom is -0.493 e. The van der Waals surface area contributed by atoms with Crippen molar-refractivity contribution >= 4 is 11.6 Å².